The predicted octanol–water partition coefficient (Wildman–Crippen LogP) is 2.24. The van der Waals surface area contributed by atoms with E-state index in [-0.39, 0.29) is 13.2 Å². The molecule has 4 rings (SSSR count). The summed E-state index contributed by atoms with van der Waals surface area (Å²) in [6.07, 6.45) is 2.71. The Hall–Kier alpha value is -3.07. The highest BCUT2D eigenvalue weighted by Crippen LogP contribution is 2.34. The lowest BCUT2D eigenvalue weighted by molar-refractivity contribution is -0.152. The Balaban J connectivity index is 1.33. The molecule has 8 nitrogen and oxygen atoms in total. The molecule has 0 bridgehead atoms. The van der Waals surface area contributed by atoms with Gasteiger partial charge in [-0.15, -0.1) is 11.3 Å². The van der Waals surface area contributed by atoms with Crippen molar-refractivity contribution >= 4 is 33.9 Å². The lowest BCUT2D eigenvalue weighted by Gasteiger charge is -2.13. The zero-order chi connectivity index (χ0) is 18.1. The number of carbonyl (C=O) groups is 2. The summed E-state index contributed by atoms with van der Waals surface area (Å²) in [7, 11) is 0. The minimum atomic E-state index is -0.934. The molecular formula is C17H15N3O5S. The largest absolute Gasteiger partial charge is 0.454 e. The zero-order valence-electron chi connectivity index (χ0n) is 13.8. The fourth-order valence-electron chi connectivity index (χ4n) is 2.52. The first-order valence-electron chi connectivity index (χ1n) is 7.89. The van der Waals surface area contributed by atoms with E-state index in [1.807, 2.05) is 16.0 Å². The van der Waals surface area contributed by atoms with Crippen LogP contribution in [0.2, 0.25) is 0 Å². The second-order valence-corrected chi connectivity index (χ2v) is 6.56. The highest BCUT2D eigenvalue weighted by atomic mass is 32.1. The van der Waals surface area contributed by atoms with Crippen LogP contribution < -0.4 is 14.8 Å². The topological polar surface area (TPSA) is 91.2 Å². The number of rotatable bonds is 5. The van der Waals surface area contributed by atoms with Gasteiger partial charge in [-0.1, -0.05) is 0 Å². The number of nitrogens with one attached hydrogen (secondary N) is 1. The average Bonchev–Trinajstić information content (AvgIpc) is 3.29. The van der Waals surface area contributed by atoms with Gasteiger partial charge >= 0.3 is 5.97 Å². The molecule has 0 saturated heterocycles. The van der Waals surface area contributed by atoms with Gasteiger partial charge in [-0.25, -0.2) is 4.98 Å². The first kappa shape index (κ1) is 16.4. The number of fused-ring (bicyclic) bond motifs is 2. The average molecular weight is 373 g/mol. The van der Waals surface area contributed by atoms with Gasteiger partial charge in [-0.2, -0.15) is 0 Å². The van der Waals surface area contributed by atoms with E-state index >= 15 is 0 Å². The maximum atomic E-state index is 12.2. The van der Waals surface area contributed by atoms with Crippen molar-refractivity contribution in [3.63, 3.8) is 0 Å². The van der Waals surface area contributed by atoms with Gasteiger partial charge in [0.05, 0.1) is 12.1 Å². The maximum absolute atomic E-state index is 12.2. The van der Waals surface area contributed by atoms with E-state index in [4.69, 9.17) is 14.2 Å². The molecule has 134 valence electrons. The molecule has 0 aliphatic carbocycles. The van der Waals surface area contributed by atoms with Gasteiger partial charge in [-0.3, -0.25) is 14.0 Å². The van der Waals surface area contributed by atoms with E-state index in [1.165, 1.54) is 18.3 Å². The summed E-state index contributed by atoms with van der Waals surface area (Å²) < 4.78 is 17.5. The standard InChI is InChI=1S/C17H15N3O5S/c1-10(16(22)18-11-2-3-13-14(6-11)24-9-23-13)25-15(21)7-12-8-20-4-5-26-17(20)19-12/h2-6,8,10H,7,9H2,1H3,(H,18,22). The summed E-state index contributed by atoms with van der Waals surface area (Å²) in [5, 5.41) is 4.60. The van der Waals surface area contributed by atoms with E-state index in [2.05, 4.69) is 10.3 Å². The normalized spacial score (nSPS) is 13.6. The Bertz CT molecular complexity index is 951. The molecule has 9 heteroatoms. The highest BCUT2D eigenvalue weighted by Gasteiger charge is 2.20. The van der Waals surface area contributed by atoms with E-state index in [1.54, 1.807) is 24.4 Å². The van der Waals surface area contributed by atoms with Crippen LogP contribution in [-0.4, -0.2) is 34.2 Å². The fourth-order valence-corrected chi connectivity index (χ4v) is 3.24. The minimum Gasteiger partial charge on any atom is -0.454 e. The lowest BCUT2D eigenvalue weighted by Crippen LogP contribution is -2.30. The predicted molar refractivity (Wildman–Crippen MR) is 93.5 cm³/mol. The third-order valence-corrected chi connectivity index (χ3v) is 4.56. The van der Waals surface area contributed by atoms with Gasteiger partial charge in [0.1, 0.15) is 0 Å². The van der Waals surface area contributed by atoms with Crippen molar-refractivity contribution in [3.05, 3.63) is 41.7 Å². The third kappa shape index (κ3) is 3.33. The SMILES string of the molecule is CC(OC(=O)Cc1cn2ccsc2n1)C(=O)Nc1ccc2c(c1)OCO2. The number of nitrogens with zero attached hydrogens (tertiary/aromatic N) is 2. The number of ether oxygens (including phenoxy) is 3. The molecule has 1 aliphatic rings. The summed E-state index contributed by atoms with van der Waals surface area (Å²) in [6.45, 7) is 1.68. The molecule has 3 heterocycles. The number of benzene rings is 1. The Labute approximate surface area is 152 Å². The van der Waals surface area contributed by atoms with Gasteiger partial charge in [0.15, 0.2) is 22.6 Å². The van der Waals surface area contributed by atoms with Gasteiger partial charge in [0.25, 0.3) is 5.91 Å². The number of imidazole rings is 1. The van der Waals surface area contributed by atoms with E-state index < -0.39 is 18.0 Å². The van der Waals surface area contributed by atoms with Crippen molar-refractivity contribution < 1.29 is 23.8 Å². The Kier molecular flexibility index (Phi) is 4.21. The molecule has 0 saturated carbocycles. The van der Waals surface area contributed by atoms with Crippen molar-refractivity contribution in [3.8, 4) is 11.5 Å². The minimum absolute atomic E-state index is 0.00996. The summed E-state index contributed by atoms with van der Waals surface area (Å²) in [5.74, 6) is 0.252. The molecule has 1 aliphatic heterocycles. The Morgan fingerprint density at radius 3 is 3.08 bits per heavy atom. The Morgan fingerprint density at radius 2 is 2.23 bits per heavy atom. The molecule has 1 aromatic carbocycles. The summed E-state index contributed by atoms with van der Waals surface area (Å²) in [6, 6.07) is 5.06. The van der Waals surface area contributed by atoms with Gasteiger partial charge < -0.3 is 19.5 Å². The van der Waals surface area contributed by atoms with Crippen molar-refractivity contribution in [2.45, 2.75) is 19.4 Å². The summed E-state index contributed by atoms with van der Waals surface area (Å²) in [4.78, 5) is 29.4. The molecule has 0 fully saturated rings. The Morgan fingerprint density at radius 1 is 1.38 bits per heavy atom. The van der Waals surface area contributed by atoms with Crippen LogP contribution in [-0.2, 0) is 20.7 Å². The van der Waals surface area contributed by atoms with E-state index in [0.717, 1.165) is 4.96 Å². The summed E-state index contributed by atoms with van der Waals surface area (Å²) in [5.41, 5.74) is 1.14. The summed E-state index contributed by atoms with van der Waals surface area (Å²) >= 11 is 1.48. The number of carbonyl (C=O) groups excluding carboxylic acids is 2. The number of hydrogen-bond acceptors (Lipinski definition) is 7. The van der Waals surface area contributed by atoms with E-state index in [0.29, 0.717) is 22.9 Å². The monoisotopic (exact) mass is 373 g/mol. The number of thiazole rings is 1. The number of esters is 1. The smallest absolute Gasteiger partial charge is 0.312 e. The second-order valence-electron chi connectivity index (χ2n) is 5.69. The maximum Gasteiger partial charge on any atom is 0.312 e. The molecule has 1 amide bonds. The molecule has 1 N–H and O–H groups in total. The molecular weight excluding hydrogens is 358 g/mol. The van der Waals surface area contributed by atoms with Crippen LogP contribution in [0.4, 0.5) is 5.69 Å². The fraction of sp³-hybridized carbons (Fsp3) is 0.235. The van der Waals surface area contributed by atoms with Crippen LogP contribution in [0.3, 0.4) is 0 Å². The van der Waals surface area contributed by atoms with Gasteiger partial charge in [0.2, 0.25) is 6.79 Å². The first-order valence-corrected chi connectivity index (χ1v) is 8.77. The van der Waals surface area contributed by atoms with Crippen molar-refractivity contribution in [1.82, 2.24) is 9.38 Å². The number of hydrogen-bond donors (Lipinski definition) is 1. The first-order chi connectivity index (χ1) is 12.6. The number of amides is 1. The van der Waals surface area contributed by atoms with Gasteiger partial charge in [-0.05, 0) is 19.1 Å². The lowest BCUT2D eigenvalue weighted by atomic mass is 10.2. The third-order valence-electron chi connectivity index (χ3n) is 3.79. The molecule has 1 atom stereocenters. The van der Waals surface area contributed by atoms with Crippen LogP contribution in [0.15, 0.2) is 36.0 Å². The molecule has 2 aromatic heterocycles. The van der Waals surface area contributed by atoms with Crippen LogP contribution >= 0.6 is 11.3 Å². The molecule has 3 aromatic rings. The number of aromatic nitrogens is 2. The van der Waals surface area contributed by atoms with Crippen LogP contribution in [0.25, 0.3) is 4.96 Å². The molecule has 0 spiro atoms. The molecule has 26 heavy (non-hydrogen) atoms. The van der Waals surface area contributed by atoms with Crippen LogP contribution in [0.5, 0.6) is 11.5 Å². The van der Waals surface area contributed by atoms with E-state index in [9.17, 15) is 9.59 Å². The zero-order valence-corrected chi connectivity index (χ0v) is 14.6. The molecule has 0 radical (unpaired) electrons. The second kappa shape index (κ2) is 6.68. The molecule has 1 unspecified atom stereocenters. The quantitative estimate of drug-likeness (QED) is 0.690. The van der Waals surface area contributed by atoms with Crippen molar-refractivity contribution in [1.29, 1.82) is 0 Å². The van der Waals surface area contributed by atoms with Gasteiger partial charge in [0, 0.05) is 29.5 Å². The van der Waals surface area contributed by atoms with Crippen molar-refractivity contribution in [2.24, 2.45) is 0 Å². The van der Waals surface area contributed by atoms with Crippen LogP contribution in [0, 0.1) is 0 Å². The van der Waals surface area contributed by atoms with Crippen molar-refractivity contribution in [2.75, 3.05) is 12.1 Å². The number of anilines is 1. The van der Waals surface area contributed by atoms with Crippen LogP contribution in [0.1, 0.15) is 12.6 Å². The highest BCUT2D eigenvalue weighted by molar-refractivity contribution is 7.15.